The van der Waals surface area contributed by atoms with Crippen molar-refractivity contribution < 1.29 is 4.79 Å². The first-order valence-corrected chi connectivity index (χ1v) is 9.38. The lowest BCUT2D eigenvalue weighted by Gasteiger charge is -2.27. The number of halogens is 1. The lowest BCUT2D eigenvalue weighted by Crippen LogP contribution is -2.39. The molecule has 1 aliphatic rings. The highest BCUT2D eigenvalue weighted by Crippen LogP contribution is 2.32. The Kier molecular flexibility index (Phi) is 7.84. The zero-order valence-corrected chi connectivity index (χ0v) is 16.9. The monoisotopic (exact) mass is 387 g/mol. The summed E-state index contributed by atoms with van der Waals surface area (Å²) in [6, 6.07) is 20.8. The van der Waals surface area contributed by atoms with E-state index >= 15 is 0 Å². The normalized spacial score (nSPS) is 20.7. The first-order chi connectivity index (χ1) is 12.6. The maximum Gasteiger partial charge on any atom is 0.236 e. The van der Waals surface area contributed by atoms with Gasteiger partial charge in [-0.2, -0.15) is 0 Å². The molecule has 1 amide bonds. The Labute approximate surface area is 168 Å². The van der Waals surface area contributed by atoms with Crippen LogP contribution in [0.15, 0.2) is 60.7 Å². The van der Waals surface area contributed by atoms with Crippen LogP contribution in [0.4, 0.5) is 0 Å². The summed E-state index contributed by atoms with van der Waals surface area (Å²) in [4.78, 5) is 16.9. The summed E-state index contributed by atoms with van der Waals surface area (Å²) >= 11 is 0. The van der Waals surface area contributed by atoms with E-state index in [1.807, 2.05) is 36.2 Å². The van der Waals surface area contributed by atoms with Crippen LogP contribution in [0.5, 0.6) is 0 Å². The van der Waals surface area contributed by atoms with Crippen LogP contribution in [-0.2, 0) is 4.79 Å². The molecule has 1 aliphatic heterocycles. The van der Waals surface area contributed by atoms with Gasteiger partial charge in [-0.1, -0.05) is 60.7 Å². The quantitative estimate of drug-likeness (QED) is 0.827. The first-order valence-electron chi connectivity index (χ1n) is 9.38. The highest BCUT2D eigenvalue weighted by Gasteiger charge is 2.34. The average molecular weight is 388 g/mol. The number of nitrogens with two attached hydrogens (primary N) is 1. The number of benzene rings is 2. The fourth-order valence-electron chi connectivity index (χ4n) is 3.88. The molecule has 0 spiro atoms. The van der Waals surface area contributed by atoms with Crippen LogP contribution in [0.1, 0.15) is 30.0 Å². The molecule has 146 valence electrons. The van der Waals surface area contributed by atoms with Crippen LogP contribution in [0.3, 0.4) is 0 Å². The second kappa shape index (κ2) is 9.88. The molecule has 2 N–H and O–H groups in total. The average Bonchev–Trinajstić information content (AvgIpc) is 3.11. The molecule has 27 heavy (non-hydrogen) atoms. The van der Waals surface area contributed by atoms with E-state index in [1.165, 1.54) is 5.56 Å². The van der Waals surface area contributed by atoms with Crippen molar-refractivity contribution in [2.24, 2.45) is 11.7 Å². The Morgan fingerprint density at radius 2 is 1.70 bits per heavy atom. The van der Waals surface area contributed by atoms with Gasteiger partial charge in [-0.05, 0) is 30.5 Å². The number of amides is 1. The molecule has 4 nitrogen and oxygen atoms in total. The zero-order valence-electron chi connectivity index (χ0n) is 16.1. The number of nitrogens with zero attached hydrogens (tertiary/aromatic N) is 2. The van der Waals surface area contributed by atoms with E-state index in [-0.39, 0.29) is 24.4 Å². The van der Waals surface area contributed by atoms with Crippen molar-refractivity contribution in [3.8, 4) is 0 Å². The van der Waals surface area contributed by atoms with Gasteiger partial charge in [0.2, 0.25) is 5.91 Å². The van der Waals surface area contributed by atoms with Gasteiger partial charge in [0.05, 0.1) is 12.6 Å². The van der Waals surface area contributed by atoms with Gasteiger partial charge in [-0.3, -0.25) is 9.69 Å². The SMILES string of the molecule is CC(c1ccccc1)N(C)C(=O)CN1C[C@@H](CN)[C@H](c2ccccc2)C1.Cl. The van der Waals surface area contributed by atoms with Crippen molar-refractivity contribution in [1.82, 2.24) is 9.80 Å². The fourth-order valence-corrected chi connectivity index (χ4v) is 3.88. The van der Waals surface area contributed by atoms with E-state index in [1.54, 1.807) is 0 Å². The predicted molar refractivity (Wildman–Crippen MR) is 113 cm³/mol. The third kappa shape index (κ3) is 5.10. The molecule has 0 aliphatic carbocycles. The number of hydrogen-bond acceptors (Lipinski definition) is 3. The second-order valence-electron chi connectivity index (χ2n) is 7.30. The minimum absolute atomic E-state index is 0. The molecule has 0 saturated carbocycles. The van der Waals surface area contributed by atoms with Crippen LogP contribution in [0.25, 0.3) is 0 Å². The Morgan fingerprint density at radius 1 is 1.11 bits per heavy atom. The van der Waals surface area contributed by atoms with E-state index < -0.39 is 0 Å². The van der Waals surface area contributed by atoms with E-state index in [4.69, 9.17) is 5.73 Å². The highest BCUT2D eigenvalue weighted by molar-refractivity contribution is 5.85. The number of likely N-dealkylation sites (N-methyl/N-ethyl adjacent to an activating group) is 1. The summed E-state index contributed by atoms with van der Waals surface area (Å²) in [5, 5.41) is 0. The molecule has 3 rings (SSSR count). The van der Waals surface area contributed by atoms with Crippen molar-refractivity contribution >= 4 is 18.3 Å². The lowest BCUT2D eigenvalue weighted by molar-refractivity contribution is -0.132. The summed E-state index contributed by atoms with van der Waals surface area (Å²) < 4.78 is 0. The molecule has 2 aromatic rings. The molecule has 1 heterocycles. The third-order valence-electron chi connectivity index (χ3n) is 5.66. The van der Waals surface area contributed by atoms with Gasteiger partial charge >= 0.3 is 0 Å². The summed E-state index contributed by atoms with van der Waals surface area (Å²) in [7, 11) is 1.89. The van der Waals surface area contributed by atoms with Crippen molar-refractivity contribution in [1.29, 1.82) is 0 Å². The Balaban J connectivity index is 0.00000261. The van der Waals surface area contributed by atoms with E-state index in [2.05, 4.69) is 48.2 Å². The summed E-state index contributed by atoms with van der Waals surface area (Å²) in [5.74, 6) is 0.971. The molecule has 5 heteroatoms. The summed E-state index contributed by atoms with van der Waals surface area (Å²) in [6.45, 7) is 4.96. The Morgan fingerprint density at radius 3 is 2.30 bits per heavy atom. The van der Waals surface area contributed by atoms with Crippen molar-refractivity contribution in [2.45, 2.75) is 18.9 Å². The number of carbonyl (C=O) groups is 1. The van der Waals surface area contributed by atoms with Crippen molar-refractivity contribution in [3.63, 3.8) is 0 Å². The third-order valence-corrected chi connectivity index (χ3v) is 5.66. The van der Waals surface area contributed by atoms with E-state index in [0.717, 1.165) is 18.7 Å². The molecule has 2 aromatic carbocycles. The summed E-state index contributed by atoms with van der Waals surface area (Å²) in [6.07, 6.45) is 0. The molecule has 3 atom stereocenters. The molecule has 1 saturated heterocycles. The Bertz CT molecular complexity index is 710. The van der Waals surface area contributed by atoms with Crippen LogP contribution < -0.4 is 5.73 Å². The maximum absolute atomic E-state index is 12.8. The van der Waals surface area contributed by atoms with Crippen molar-refractivity contribution in [3.05, 3.63) is 71.8 Å². The van der Waals surface area contributed by atoms with Gasteiger partial charge in [0.1, 0.15) is 0 Å². The van der Waals surface area contributed by atoms with Gasteiger partial charge in [0.25, 0.3) is 0 Å². The molecular weight excluding hydrogens is 358 g/mol. The fraction of sp³-hybridized carbons (Fsp3) is 0.409. The zero-order chi connectivity index (χ0) is 18.5. The van der Waals surface area contributed by atoms with Crippen LogP contribution >= 0.6 is 12.4 Å². The topological polar surface area (TPSA) is 49.6 Å². The number of carbonyl (C=O) groups excluding carboxylic acids is 1. The molecule has 0 radical (unpaired) electrons. The second-order valence-corrected chi connectivity index (χ2v) is 7.30. The largest absolute Gasteiger partial charge is 0.338 e. The van der Waals surface area contributed by atoms with E-state index in [9.17, 15) is 4.79 Å². The number of likely N-dealkylation sites (tertiary alicyclic amines) is 1. The number of rotatable bonds is 6. The van der Waals surface area contributed by atoms with Gasteiger partial charge < -0.3 is 10.6 Å². The van der Waals surface area contributed by atoms with Gasteiger partial charge in [0.15, 0.2) is 0 Å². The van der Waals surface area contributed by atoms with Gasteiger partial charge in [-0.25, -0.2) is 0 Å². The highest BCUT2D eigenvalue weighted by atomic mass is 35.5. The minimum atomic E-state index is 0. The predicted octanol–water partition coefficient (Wildman–Crippen LogP) is 3.30. The van der Waals surface area contributed by atoms with Crippen LogP contribution in [0, 0.1) is 5.92 Å². The first kappa shape index (κ1) is 21.4. The summed E-state index contributed by atoms with van der Waals surface area (Å²) in [5.41, 5.74) is 8.50. The molecule has 0 bridgehead atoms. The minimum Gasteiger partial charge on any atom is -0.338 e. The molecule has 1 fully saturated rings. The number of hydrogen-bond donors (Lipinski definition) is 1. The smallest absolute Gasteiger partial charge is 0.236 e. The maximum atomic E-state index is 12.8. The standard InChI is InChI=1S/C22H29N3O.ClH/c1-17(18-9-5-3-6-10-18)24(2)22(26)16-25-14-20(13-23)21(15-25)19-11-7-4-8-12-19;/h3-12,17,20-21H,13-16,23H2,1-2H3;1H/t17?,20-,21+;/m1./s1. The Hall–Kier alpha value is -1.88. The van der Waals surface area contributed by atoms with Gasteiger partial charge in [-0.15, -0.1) is 12.4 Å². The lowest BCUT2D eigenvalue weighted by atomic mass is 9.89. The van der Waals surface area contributed by atoms with E-state index in [0.29, 0.717) is 24.9 Å². The van der Waals surface area contributed by atoms with Gasteiger partial charge in [0, 0.05) is 26.1 Å². The molecular formula is C22H30ClN3O. The van der Waals surface area contributed by atoms with Crippen LogP contribution in [0.2, 0.25) is 0 Å². The molecule has 0 aromatic heterocycles. The van der Waals surface area contributed by atoms with Crippen LogP contribution in [-0.4, -0.2) is 48.9 Å². The molecule has 1 unspecified atom stereocenters. The van der Waals surface area contributed by atoms with Crippen molar-refractivity contribution in [2.75, 3.05) is 33.2 Å².